The van der Waals surface area contributed by atoms with Crippen LogP contribution in [0.3, 0.4) is 0 Å². The summed E-state index contributed by atoms with van der Waals surface area (Å²) in [6, 6.07) is 14.1. The number of nitro benzene ring substituents is 1. The Morgan fingerprint density at radius 2 is 1.92 bits per heavy atom. The lowest BCUT2D eigenvalue weighted by Crippen LogP contribution is -2.13. The second-order valence-electron chi connectivity index (χ2n) is 5.60. The first-order valence-corrected chi connectivity index (χ1v) is 8.03. The second kappa shape index (κ2) is 6.80. The Balaban J connectivity index is 1.98. The summed E-state index contributed by atoms with van der Waals surface area (Å²) < 4.78 is 0. The first-order valence-electron chi connectivity index (χ1n) is 7.62. The predicted molar refractivity (Wildman–Crippen MR) is 98.2 cm³/mol. The number of rotatable bonds is 3. The summed E-state index contributed by atoms with van der Waals surface area (Å²) in [4.78, 5) is 11.0. The fourth-order valence-corrected chi connectivity index (χ4v) is 3.12. The molecule has 0 heterocycles. The molecule has 0 radical (unpaired) electrons. The molecule has 0 saturated carbocycles. The van der Waals surface area contributed by atoms with Crippen molar-refractivity contribution in [1.82, 2.24) is 0 Å². The largest absolute Gasteiger partial charge is 0.507 e. The molecule has 6 heteroatoms. The number of hydrogen-bond donors (Lipinski definition) is 2. The number of aliphatic hydroxyl groups excluding tert-OH is 1. The van der Waals surface area contributed by atoms with Gasteiger partial charge in [0.25, 0.3) is 5.69 Å². The van der Waals surface area contributed by atoms with Gasteiger partial charge in [-0.15, -0.1) is 0 Å². The van der Waals surface area contributed by atoms with Gasteiger partial charge in [0, 0.05) is 29.0 Å². The van der Waals surface area contributed by atoms with Gasteiger partial charge in [-0.05, 0) is 37.0 Å². The smallest absolute Gasteiger partial charge is 0.270 e. The zero-order valence-electron chi connectivity index (χ0n) is 12.9. The van der Waals surface area contributed by atoms with Crippen LogP contribution in [0, 0.1) is 10.1 Å². The Labute approximate surface area is 144 Å². The number of nitro groups is 1. The fraction of sp³-hybridized carbons (Fsp3) is 0.167. The number of benzene rings is 2. The van der Waals surface area contributed by atoms with Crippen molar-refractivity contribution in [3.8, 4) is 0 Å². The maximum atomic E-state index is 11.0. The van der Waals surface area contributed by atoms with Crippen molar-refractivity contribution < 1.29 is 10.0 Å². The molecule has 1 aliphatic rings. The fourth-order valence-electron chi connectivity index (χ4n) is 2.80. The number of aliphatic hydroxyl groups is 1. The average Bonchev–Trinajstić information content (AvgIpc) is 2.74. The molecule has 0 unspecified atom stereocenters. The van der Waals surface area contributed by atoms with Crippen molar-refractivity contribution in [3.05, 3.63) is 75.3 Å². The Hall–Kier alpha value is -2.73. The van der Waals surface area contributed by atoms with E-state index in [9.17, 15) is 15.2 Å². The minimum atomic E-state index is -0.460. The number of thiocarbonyl (C=S) groups is 1. The highest BCUT2D eigenvalue weighted by atomic mass is 32.1. The van der Waals surface area contributed by atoms with Crippen molar-refractivity contribution in [3.63, 3.8) is 0 Å². The summed E-state index contributed by atoms with van der Waals surface area (Å²) in [6.07, 6.45) is 2.18. The van der Waals surface area contributed by atoms with Gasteiger partial charge in [0.15, 0.2) is 0 Å². The molecule has 0 aromatic heterocycles. The highest BCUT2D eigenvalue weighted by Gasteiger charge is 2.22. The van der Waals surface area contributed by atoms with Crippen LogP contribution in [0.2, 0.25) is 0 Å². The number of aryl methyl sites for hydroxylation is 1. The van der Waals surface area contributed by atoms with Crippen molar-refractivity contribution in [2.75, 3.05) is 5.32 Å². The number of anilines is 1. The monoisotopic (exact) mass is 340 g/mol. The van der Waals surface area contributed by atoms with E-state index < -0.39 is 4.92 Å². The third kappa shape index (κ3) is 3.28. The molecule has 0 atom stereocenters. The van der Waals surface area contributed by atoms with Gasteiger partial charge < -0.3 is 10.4 Å². The van der Waals surface area contributed by atoms with Crippen LogP contribution < -0.4 is 5.32 Å². The highest BCUT2D eigenvalue weighted by Crippen LogP contribution is 2.32. The second-order valence-corrected chi connectivity index (χ2v) is 6.01. The normalized spacial score (nSPS) is 13.8. The molecule has 122 valence electrons. The zero-order valence-corrected chi connectivity index (χ0v) is 13.7. The lowest BCUT2D eigenvalue weighted by molar-refractivity contribution is -0.384. The third-order valence-electron chi connectivity index (χ3n) is 4.02. The van der Waals surface area contributed by atoms with Crippen LogP contribution in [0.25, 0.3) is 5.76 Å². The quantitative estimate of drug-likeness (QED) is 0.484. The topological polar surface area (TPSA) is 75.4 Å². The average molecular weight is 340 g/mol. The first-order chi connectivity index (χ1) is 11.6. The minimum absolute atomic E-state index is 0.0274. The summed E-state index contributed by atoms with van der Waals surface area (Å²) in [7, 11) is 0. The van der Waals surface area contributed by atoms with E-state index in [0.717, 1.165) is 24.1 Å². The van der Waals surface area contributed by atoms with Crippen LogP contribution in [0.5, 0.6) is 0 Å². The van der Waals surface area contributed by atoms with Crippen molar-refractivity contribution in [2.24, 2.45) is 0 Å². The summed E-state index contributed by atoms with van der Waals surface area (Å²) in [5.74, 6) is 0.0274. The highest BCUT2D eigenvalue weighted by molar-refractivity contribution is 7.81. The Bertz CT molecular complexity index is 831. The number of nitrogens with one attached hydrogen (secondary N) is 1. The Morgan fingerprint density at radius 3 is 2.62 bits per heavy atom. The molecule has 0 aliphatic heterocycles. The molecule has 0 fully saturated rings. The molecule has 1 aliphatic carbocycles. The molecule has 0 saturated heterocycles. The molecule has 0 spiro atoms. The lowest BCUT2D eigenvalue weighted by Gasteiger charge is -2.13. The Morgan fingerprint density at radius 1 is 1.17 bits per heavy atom. The van der Waals surface area contributed by atoms with E-state index in [1.54, 1.807) is 6.07 Å². The Kier molecular flexibility index (Phi) is 4.57. The minimum Gasteiger partial charge on any atom is -0.507 e. The van der Waals surface area contributed by atoms with E-state index in [1.807, 2.05) is 30.3 Å². The standard InChI is InChI=1S/C18H16N2O3S/c21-17-15(18(24)19-13-6-2-1-3-7-13)8-4-5-12-9-10-14(20(22)23)11-16(12)17/h1-3,6-7,9-11,21H,4-5,8H2,(H,19,24). The van der Waals surface area contributed by atoms with Crippen molar-refractivity contribution in [2.45, 2.75) is 19.3 Å². The molecule has 2 aromatic carbocycles. The van der Waals surface area contributed by atoms with E-state index >= 15 is 0 Å². The van der Waals surface area contributed by atoms with Gasteiger partial charge in [0.05, 0.1) is 4.92 Å². The summed E-state index contributed by atoms with van der Waals surface area (Å²) in [5, 5.41) is 24.8. The van der Waals surface area contributed by atoms with E-state index in [1.165, 1.54) is 12.1 Å². The van der Waals surface area contributed by atoms with Gasteiger partial charge in [0.1, 0.15) is 10.7 Å². The molecule has 3 rings (SSSR count). The SMILES string of the molecule is O=[N+]([O-])c1ccc2c(c1)C(O)=C(C(=S)Nc1ccccc1)CCC2. The van der Waals surface area contributed by atoms with Crippen LogP contribution in [-0.2, 0) is 6.42 Å². The van der Waals surface area contributed by atoms with Gasteiger partial charge in [-0.1, -0.05) is 36.5 Å². The molecule has 0 amide bonds. The van der Waals surface area contributed by atoms with E-state index in [4.69, 9.17) is 12.2 Å². The molecule has 24 heavy (non-hydrogen) atoms. The van der Waals surface area contributed by atoms with Crippen LogP contribution >= 0.6 is 12.2 Å². The maximum Gasteiger partial charge on any atom is 0.270 e. The molecule has 2 aromatic rings. The van der Waals surface area contributed by atoms with E-state index in [-0.39, 0.29) is 11.4 Å². The van der Waals surface area contributed by atoms with Gasteiger partial charge in [0.2, 0.25) is 0 Å². The van der Waals surface area contributed by atoms with Gasteiger partial charge in [-0.2, -0.15) is 0 Å². The summed E-state index contributed by atoms with van der Waals surface area (Å²) in [6.45, 7) is 0. The molecular weight excluding hydrogens is 324 g/mol. The number of nitrogens with zero attached hydrogens (tertiary/aromatic N) is 1. The predicted octanol–water partition coefficient (Wildman–Crippen LogP) is 4.64. The first kappa shape index (κ1) is 16.1. The van der Waals surface area contributed by atoms with Gasteiger partial charge >= 0.3 is 0 Å². The number of para-hydroxylation sites is 1. The lowest BCUT2D eigenvalue weighted by atomic mass is 10.0. The number of fused-ring (bicyclic) bond motifs is 1. The van der Waals surface area contributed by atoms with Crippen LogP contribution in [0.1, 0.15) is 24.0 Å². The van der Waals surface area contributed by atoms with E-state index in [2.05, 4.69) is 5.32 Å². The van der Waals surface area contributed by atoms with Crippen molar-refractivity contribution >= 4 is 34.3 Å². The maximum absolute atomic E-state index is 11.0. The third-order valence-corrected chi connectivity index (χ3v) is 4.37. The zero-order chi connectivity index (χ0) is 17.1. The molecule has 5 nitrogen and oxygen atoms in total. The van der Waals surface area contributed by atoms with Gasteiger partial charge in [-0.3, -0.25) is 10.1 Å². The number of hydrogen-bond acceptors (Lipinski definition) is 4. The van der Waals surface area contributed by atoms with Crippen LogP contribution in [0.15, 0.2) is 54.1 Å². The van der Waals surface area contributed by atoms with Crippen LogP contribution in [-0.4, -0.2) is 15.0 Å². The van der Waals surface area contributed by atoms with Crippen molar-refractivity contribution in [1.29, 1.82) is 0 Å². The summed E-state index contributed by atoms with van der Waals surface area (Å²) in [5.41, 5.74) is 2.81. The molecule has 0 bridgehead atoms. The molecular formula is C18H16N2O3S. The summed E-state index contributed by atoms with van der Waals surface area (Å²) >= 11 is 5.44. The molecule has 2 N–H and O–H groups in total. The van der Waals surface area contributed by atoms with Crippen LogP contribution in [0.4, 0.5) is 11.4 Å². The van der Waals surface area contributed by atoms with Gasteiger partial charge in [-0.25, -0.2) is 0 Å². The number of non-ortho nitro benzene ring substituents is 1. The van der Waals surface area contributed by atoms with E-state index in [0.29, 0.717) is 22.5 Å².